The normalized spacial score (nSPS) is 17.3. The summed E-state index contributed by atoms with van der Waals surface area (Å²) < 4.78 is 26.4. The van der Waals surface area contributed by atoms with Crippen molar-refractivity contribution in [2.75, 3.05) is 13.1 Å². The minimum atomic E-state index is -3.69. The number of aliphatic carboxylic acids is 1. The molecular formula is C14H16N2O4S. The van der Waals surface area contributed by atoms with E-state index in [1.807, 2.05) is 6.07 Å². The van der Waals surface area contributed by atoms with Crippen LogP contribution in [0.4, 0.5) is 0 Å². The Kier molecular flexibility index (Phi) is 4.60. The van der Waals surface area contributed by atoms with Crippen LogP contribution in [0.2, 0.25) is 0 Å². The van der Waals surface area contributed by atoms with Gasteiger partial charge in [0.15, 0.2) is 0 Å². The van der Waals surface area contributed by atoms with E-state index < -0.39 is 16.0 Å². The van der Waals surface area contributed by atoms with Crippen molar-refractivity contribution < 1.29 is 18.3 Å². The van der Waals surface area contributed by atoms with E-state index in [4.69, 9.17) is 10.4 Å². The average Bonchev–Trinajstić information content (AvgIpc) is 2.47. The molecule has 1 fully saturated rings. The third-order valence-corrected chi connectivity index (χ3v) is 5.62. The Morgan fingerprint density at radius 2 is 1.95 bits per heavy atom. The molecule has 0 unspecified atom stereocenters. The first kappa shape index (κ1) is 15.5. The van der Waals surface area contributed by atoms with Gasteiger partial charge in [0.2, 0.25) is 10.0 Å². The van der Waals surface area contributed by atoms with Gasteiger partial charge >= 0.3 is 5.97 Å². The zero-order valence-corrected chi connectivity index (χ0v) is 12.2. The first-order valence-corrected chi connectivity index (χ1v) is 8.10. The summed E-state index contributed by atoms with van der Waals surface area (Å²) in [6.07, 6.45) is 1.13. The molecule has 0 spiro atoms. The molecule has 0 aromatic heterocycles. The lowest BCUT2D eigenvalue weighted by atomic mass is 9.95. The maximum Gasteiger partial charge on any atom is 0.303 e. The molecule has 112 valence electrons. The van der Waals surface area contributed by atoms with Gasteiger partial charge in [-0.3, -0.25) is 4.79 Å². The van der Waals surface area contributed by atoms with Crippen molar-refractivity contribution in [1.82, 2.24) is 4.31 Å². The van der Waals surface area contributed by atoms with Gasteiger partial charge in [-0.2, -0.15) is 9.57 Å². The van der Waals surface area contributed by atoms with Crippen LogP contribution in [0.1, 0.15) is 24.8 Å². The van der Waals surface area contributed by atoms with Crippen molar-refractivity contribution in [1.29, 1.82) is 5.26 Å². The van der Waals surface area contributed by atoms with Crippen LogP contribution in [-0.2, 0) is 14.8 Å². The standard InChI is InChI=1S/C14H16N2O4S/c15-10-12-3-1-2-4-13(12)21(19,20)16-7-5-11(6-8-16)9-14(17)18/h1-4,11H,5-9H2,(H,17,18). The van der Waals surface area contributed by atoms with Gasteiger partial charge in [-0.05, 0) is 30.9 Å². The summed E-state index contributed by atoms with van der Waals surface area (Å²) in [4.78, 5) is 10.7. The number of nitriles is 1. The quantitative estimate of drug-likeness (QED) is 0.907. The molecule has 21 heavy (non-hydrogen) atoms. The molecule has 1 saturated heterocycles. The van der Waals surface area contributed by atoms with Gasteiger partial charge < -0.3 is 5.11 Å². The lowest BCUT2D eigenvalue weighted by Crippen LogP contribution is -2.39. The minimum Gasteiger partial charge on any atom is -0.481 e. The van der Waals surface area contributed by atoms with Gasteiger partial charge in [0.1, 0.15) is 6.07 Å². The van der Waals surface area contributed by atoms with Crippen LogP contribution in [0, 0.1) is 17.2 Å². The molecule has 0 amide bonds. The van der Waals surface area contributed by atoms with Crippen LogP contribution >= 0.6 is 0 Å². The number of nitrogens with zero attached hydrogens (tertiary/aromatic N) is 2. The van der Waals surface area contributed by atoms with Gasteiger partial charge in [-0.25, -0.2) is 8.42 Å². The molecular weight excluding hydrogens is 292 g/mol. The summed E-state index contributed by atoms with van der Waals surface area (Å²) in [7, 11) is -3.69. The van der Waals surface area contributed by atoms with Crippen molar-refractivity contribution >= 4 is 16.0 Å². The molecule has 1 N–H and O–H groups in total. The fraction of sp³-hybridized carbons (Fsp3) is 0.429. The minimum absolute atomic E-state index is 0.0140. The van der Waals surface area contributed by atoms with Crippen molar-refractivity contribution in [3.63, 3.8) is 0 Å². The second kappa shape index (κ2) is 6.24. The largest absolute Gasteiger partial charge is 0.481 e. The maximum atomic E-state index is 12.6. The topological polar surface area (TPSA) is 98.5 Å². The van der Waals surface area contributed by atoms with Crippen molar-refractivity contribution in [3.8, 4) is 6.07 Å². The number of sulfonamides is 1. The van der Waals surface area contributed by atoms with E-state index in [0.717, 1.165) is 0 Å². The summed E-state index contributed by atoms with van der Waals surface area (Å²) in [6.45, 7) is 0.583. The summed E-state index contributed by atoms with van der Waals surface area (Å²) in [6, 6.07) is 8.01. The molecule has 2 rings (SSSR count). The second-order valence-electron chi connectivity index (χ2n) is 5.05. The van der Waals surface area contributed by atoms with Crippen molar-refractivity contribution in [3.05, 3.63) is 29.8 Å². The van der Waals surface area contributed by atoms with Gasteiger partial charge in [0, 0.05) is 19.5 Å². The molecule has 1 aliphatic heterocycles. The third-order valence-electron chi connectivity index (χ3n) is 3.66. The molecule has 1 heterocycles. The highest BCUT2D eigenvalue weighted by molar-refractivity contribution is 7.89. The first-order chi connectivity index (χ1) is 9.95. The summed E-state index contributed by atoms with van der Waals surface area (Å²) in [5.41, 5.74) is 0.130. The third kappa shape index (κ3) is 3.40. The van der Waals surface area contributed by atoms with Crippen molar-refractivity contribution in [2.45, 2.75) is 24.2 Å². The van der Waals surface area contributed by atoms with Crippen LogP contribution in [-0.4, -0.2) is 36.9 Å². The smallest absolute Gasteiger partial charge is 0.303 e. The number of carboxylic acid groups (broad SMARTS) is 1. The zero-order valence-electron chi connectivity index (χ0n) is 11.4. The van der Waals surface area contributed by atoms with E-state index in [-0.39, 0.29) is 22.8 Å². The molecule has 7 heteroatoms. The van der Waals surface area contributed by atoms with E-state index in [2.05, 4.69) is 0 Å². The highest BCUT2D eigenvalue weighted by Gasteiger charge is 2.31. The molecule has 0 radical (unpaired) electrons. The number of hydrogen-bond acceptors (Lipinski definition) is 4. The molecule has 1 aromatic rings. The predicted molar refractivity (Wildman–Crippen MR) is 74.9 cm³/mol. The highest BCUT2D eigenvalue weighted by atomic mass is 32.2. The fourth-order valence-electron chi connectivity index (χ4n) is 2.52. The van der Waals surface area contributed by atoms with Crippen LogP contribution < -0.4 is 0 Å². The molecule has 0 atom stereocenters. The Morgan fingerprint density at radius 3 is 2.52 bits per heavy atom. The number of benzene rings is 1. The van der Waals surface area contributed by atoms with E-state index >= 15 is 0 Å². The van der Waals surface area contributed by atoms with Crippen molar-refractivity contribution in [2.24, 2.45) is 5.92 Å². The summed E-state index contributed by atoms with van der Waals surface area (Å²) in [5, 5.41) is 17.8. The summed E-state index contributed by atoms with van der Waals surface area (Å²) in [5.74, 6) is -0.841. The predicted octanol–water partition coefficient (Wildman–Crippen LogP) is 1.43. The number of carboxylic acids is 1. The van der Waals surface area contributed by atoms with Gasteiger partial charge in [0.05, 0.1) is 10.5 Å². The van der Waals surface area contributed by atoms with Crippen LogP contribution in [0.25, 0.3) is 0 Å². The molecule has 1 aromatic carbocycles. The second-order valence-corrected chi connectivity index (χ2v) is 6.96. The zero-order chi connectivity index (χ0) is 15.5. The Labute approximate surface area is 123 Å². The van der Waals surface area contributed by atoms with E-state index in [1.165, 1.54) is 16.4 Å². The van der Waals surface area contributed by atoms with E-state index in [1.54, 1.807) is 12.1 Å². The molecule has 1 aliphatic rings. The fourth-order valence-corrected chi connectivity index (χ4v) is 4.14. The lowest BCUT2D eigenvalue weighted by molar-refractivity contribution is -0.138. The molecule has 6 nitrogen and oxygen atoms in total. The van der Waals surface area contributed by atoms with Gasteiger partial charge in [-0.1, -0.05) is 12.1 Å². The maximum absolute atomic E-state index is 12.6. The Morgan fingerprint density at radius 1 is 1.33 bits per heavy atom. The van der Waals surface area contributed by atoms with Crippen LogP contribution in [0.15, 0.2) is 29.2 Å². The van der Waals surface area contributed by atoms with E-state index in [0.29, 0.717) is 25.9 Å². The van der Waals surface area contributed by atoms with Crippen LogP contribution in [0.3, 0.4) is 0 Å². The Balaban J connectivity index is 2.16. The SMILES string of the molecule is N#Cc1ccccc1S(=O)(=O)N1CCC(CC(=O)O)CC1. The van der Waals surface area contributed by atoms with E-state index in [9.17, 15) is 13.2 Å². The molecule has 0 saturated carbocycles. The lowest BCUT2D eigenvalue weighted by Gasteiger charge is -2.30. The average molecular weight is 308 g/mol. The molecule has 0 bridgehead atoms. The Hall–Kier alpha value is -1.91. The Bertz CT molecular complexity index is 670. The number of piperidine rings is 1. The van der Waals surface area contributed by atoms with Crippen LogP contribution in [0.5, 0.6) is 0 Å². The number of carbonyl (C=O) groups is 1. The monoisotopic (exact) mass is 308 g/mol. The number of hydrogen-bond donors (Lipinski definition) is 1. The molecule has 0 aliphatic carbocycles. The first-order valence-electron chi connectivity index (χ1n) is 6.66. The summed E-state index contributed by atoms with van der Waals surface area (Å²) >= 11 is 0. The van der Waals surface area contributed by atoms with Gasteiger partial charge in [-0.15, -0.1) is 0 Å². The highest BCUT2D eigenvalue weighted by Crippen LogP contribution is 2.26. The van der Waals surface area contributed by atoms with Gasteiger partial charge in [0.25, 0.3) is 0 Å². The number of rotatable bonds is 4.